The summed E-state index contributed by atoms with van der Waals surface area (Å²) in [6.45, 7) is 0. The van der Waals surface area contributed by atoms with Gasteiger partial charge in [0.05, 0.1) is 23.8 Å². The van der Waals surface area contributed by atoms with Crippen LogP contribution in [0, 0.1) is 0 Å². The molecule has 0 unspecified atom stereocenters. The number of hydrogen-bond donors (Lipinski definition) is 3. The Balaban J connectivity index is 1.92. The lowest BCUT2D eigenvalue weighted by Crippen LogP contribution is -2.03. The molecule has 8 nitrogen and oxygen atoms in total. The number of aromatic hydroxyl groups is 2. The van der Waals surface area contributed by atoms with Crippen LogP contribution in [-0.2, 0) is 4.74 Å². The summed E-state index contributed by atoms with van der Waals surface area (Å²) >= 11 is 0. The van der Waals surface area contributed by atoms with Gasteiger partial charge in [-0.15, -0.1) is 0 Å². The van der Waals surface area contributed by atoms with E-state index in [1.54, 1.807) is 54.6 Å². The SMILES string of the molecule is COC(=O)c1ccc(-c2nc(-c3ccccc3O)nc(-c3c(N)cccc3O)n2)cc1. The van der Waals surface area contributed by atoms with Gasteiger partial charge in [0.2, 0.25) is 0 Å². The fourth-order valence-corrected chi connectivity index (χ4v) is 3.07. The van der Waals surface area contributed by atoms with Crippen LogP contribution in [0.25, 0.3) is 34.2 Å². The highest BCUT2D eigenvalue weighted by atomic mass is 16.5. The predicted octanol–water partition coefficient (Wildman–Crippen LogP) is 3.65. The molecule has 4 rings (SSSR count). The highest BCUT2D eigenvalue weighted by Crippen LogP contribution is 2.35. The average molecular weight is 414 g/mol. The van der Waals surface area contributed by atoms with E-state index >= 15 is 0 Å². The number of nitrogens with zero attached hydrogens (tertiary/aromatic N) is 3. The molecule has 0 aliphatic heterocycles. The number of nitrogens with two attached hydrogens (primary N) is 1. The summed E-state index contributed by atoms with van der Waals surface area (Å²) < 4.78 is 4.73. The van der Waals surface area contributed by atoms with Crippen LogP contribution >= 0.6 is 0 Å². The van der Waals surface area contributed by atoms with Crippen LogP contribution in [0.4, 0.5) is 5.69 Å². The van der Waals surface area contributed by atoms with E-state index in [2.05, 4.69) is 15.0 Å². The van der Waals surface area contributed by atoms with Gasteiger partial charge in [-0.25, -0.2) is 19.7 Å². The van der Waals surface area contributed by atoms with Crippen molar-refractivity contribution in [2.24, 2.45) is 0 Å². The molecule has 8 heteroatoms. The lowest BCUT2D eigenvalue weighted by atomic mass is 10.1. The molecule has 4 aromatic rings. The van der Waals surface area contributed by atoms with Crippen molar-refractivity contribution < 1.29 is 19.7 Å². The molecule has 0 atom stereocenters. The van der Waals surface area contributed by atoms with Gasteiger partial charge in [-0.05, 0) is 36.4 Å². The van der Waals surface area contributed by atoms with E-state index in [0.717, 1.165) is 0 Å². The van der Waals surface area contributed by atoms with E-state index in [-0.39, 0.29) is 34.5 Å². The second-order valence-corrected chi connectivity index (χ2v) is 6.63. The number of nitrogen functional groups attached to an aromatic ring is 1. The molecule has 0 aliphatic rings. The van der Waals surface area contributed by atoms with Gasteiger partial charge in [-0.3, -0.25) is 0 Å². The summed E-state index contributed by atoms with van der Waals surface area (Å²) in [6.07, 6.45) is 0. The van der Waals surface area contributed by atoms with Gasteiger partial charge in [0.25, 0.3) is 0 Å². The molecule has 0 saturated carbocycles. The summed E-state index contributed by atoms with van der Waals surface area (Å²) in [4.78, 5) is 25.1. The standard InChI is InChI=1S/C23H18N4O4/c1-31-23(30)14-11-9-13(10-12-14)20-25-21(15-5-2-3-7-17(15)28)27-22(26-20)19-16(24)6-4-8-18(19)29/h2-12,28-29H,24H2,1H3. The predicted molar refractivity (Wildman–Crippen MR) is 115 cm³/mol. The zero-order valence-corrected chi connectivity index (χ0v) is 16.5. The zero-order chi connectivity index (χ0) is 22.0. The van der Waals surface area contributed by atoms with E-state index in [0.29, 0.717) is 22.4 Å². The van der Waals surface area contributed by atoms with Crippen LogP contribution in [0.15, 0.2) is 66.7 Å². The number of esters is 1. The second kappa shape index (κ2) is 8.11. The minimum atomic E-state index is -0.459. The first-order chi connectivity index (χ1) is 15.0. The molecule has 0 bridgehead atoms. The molecule has 4 N–H and O–H groups in total. The first-order valence-corrected chi connectivity index (χ1v) is 9.29. The van der Waals surface area contributed by atoms with Crippen molar-refractivity contribution in [2.45, 2.75) is 0 Å². The van der Waals surface area contributed by atoms with Crippen LogP contribution in [0.5, 0.6) is 11.5 Å². The van der Waals surface area contributed by atoms with Gasteiger partial charge in [0.1, 0.15) is 11.5 Å². The molecular weight excluding hydrogens is 396 g/mol. The van der Waals surface area contributed by atoms with E-state index < -0.39 is 5.97 Å². The molecule has 3 aromatic carbocycles. The van der Waals surface area contributed by atoms with Crippen LogP contribution < -0.4 is 5.73 Å². The Kier molecular flexibility index (Phi) is 5.19. The molecule has 0 spiro atoms. The van der Waals surface area contributed by atoms with Crippen molar-refractivity contribution >= 4 is 11.7 Å². The maximum absolute atomic E-state index is 11.7. The normalized spacial score (nSPS) is 10.6. The topological polar surface area (TPSA) is 131 Å². The van der Waals surface area contributed by atoms with Crippen LogP contribution in [0.2, 0.25) is 0 Å². The van der Waals surface area contributed by atoms with E-state index in [1.165, 1.54) is 19.2 Å². The number of phenolic OH excluding ortho intramolecular Hbond substituents is 2. The van der Waals surface area contributed by atoms with Crippen molar-refractivity contribution in [1.29, 1.82) is 0 Å². The summed E-state index contributed by atoms with van der Waals surface area (Å²) in [5, 5.41) is 20.7. The number of carbonyl (C=O) groups excluding carboxylic acids is 1. The molecule has 31 heavy (non-hydrogen) atoms. The number of carbonyl (C=O) groups is 1. The smallest absolute Gasteiger partial charge is 0.337 e. The second-order valence-electron chi connectivity index (χ2n) is 6.63. The monoisotopic (exact) mass is 414 g/mol. The lowest BCUT2D eigenvalue weighted by Gasteiger charge is -2.11. The number of rotatable bonds is 4. The fraction of sp³-hybridized carbons (Fsp3) is 0.0435. The first kappa shape index (κ1) is 19.8. The Labute approximate surface area is 177 Å². The summed E-state index contributed by atoms with van der Waals surface area (Å²) in [7, 11) is 1.31. The maximum Gasteiger partial charge on any atom is 0.337 e. The summed E-state index contributed by atoms with van der Waals surface area (Å²) in [6, 6.07) is 17.9. The van der Waals surface area contributed by atoms with Gasteiger partial charge in [-0.2, -0.15) is 0 Å². The van der Waals surface area contributed by atoms with Crippen LogP contribution in [0.1, 0.15) is 10.4 Å². The highest BCUT2D eigenvalue weighted by Gasteiger charge is 2.18. The summed E-state index contributed by atoms with van der Waals surface area (Å²) in [5.41, 5.74) is 8.00. The highest BCUT2D eigenvalue weighted by molar-refractivity contribution is 5.90. The minimum absolute atomic E-state index is 0.00288. The third-order valence-corrected chi connectivity index (χ3v) is 4.64. The number of aromatic nitrogens is 3. The molecule has 0 aliphatic carbocycles. The van der Waals surface area contributed by atoms with Gasteiger partial charge in [-0.1, -0.05) is 30.3 Å². The number of benzene rings is 3. The number of anilines is 1. The Morgan fingerprint density at radius 3 is 2.13 bits per heavy atom. The van der Waals surface area contributed by atoms with Gasteiger partial charge >= 0.3 is 5.97 Å². The molecule has 0 amide bonds. The van der Waals surface area contributed by atoms with Crippen molar-refractivity contribution in [3.05, 3.63) is 72.3 Å². The maximum atomic E-state index is 11.7. The van der Waals surface area contributed by atoms with E-state index in [1.807, 2.05) is 0 Å². The number of phenols is 2. The molecule has 0 radical (unpaired) electrons. The molecule has 154 valence electrons. The van der Waals surface area contributed by atoms with Crippen LogP contribution in [0.3, 0.4) is 0 Å². The van der Waals surface area contributed by atoms with Crippen molar-refractivity contribution in [2.75, 3.05) is 12.8 Å². The number of ether oxygens (including phenoxy) is 1. The van der Waals surface area contributed by atoms with E-state index in [4.69, 9.17) is 10.5 Å². The Morgan fingerprint density at radius 1 is 0.806 bits per heavy atom. The fourth-order valence-electron chi connectivity index (χ4n) is 3.07. The Bertz CT molecular complexity index is 1250. The molecule has 0 fully saturated rings. The molecule has 0 saturated heterocycles. The number of para-hydroxylation sites is 1. The van der Waals surface area contributed by atoms with Crippen LogP contribution in [-0.4, -0.2) is 38.2 Å². The van der Waals surface area contributed by atoms with Crippen molar-refractivity contribution in [3.8, 4) is 45.7 Å². The lowest BCUT2D eigenvalue weighted by molar-refractivity contribution is 0.0600. The van der Waals surface area contributed by atoms with E-state index in [9.17, 15) is 15.0 Å². The summed E-state index contributed by atoms with van der Waals surface area (Å²) in [5.74, 6) is 0.0918. The third-order valence-electron chi connectivity index (χ3n) is 4.64. The van der Waals surface area contributed by atoms with Gasteiger partial charge < -0.3 is 20.7 Å². The molecule has 1 aromatic heterocycles. The number of methoxy groups -OCH3 is 1. The third kappa shape index (κ3) is 3.86. The average Bonchev–Trinajstić information content (AvgIpc) is 2.78. The number of hydrogen-bond acceptors (Lipinski definition) is 8. The van der Waals surface area contributed by atoms with Gasteiger partial charge in [0, 0.05) is 11.3 Å². The quantitative estimate of drug-likeness (QED) is 0.341. The molecule has 1 heterocycles. The van der Waals surface area contributed by atoms with Crippen molar-refractivity contribution in [1.82, 2.24) is 15.0 Å². The Morgan fingerprint density at radius 2 is 1.45 bits per heavy atom. The first-order valence-electron chi connectivity index (χ1n) is 9.29. The van der Waals surface area contributed by atoms with Gasteiger partial charge in [0.15, 0.2) is 17.5 Å². The largest absolute Gasteiger partial charge is 0.507 e. The zero-order valence-electron chi connectivity index (χ0n) is 16.5. The van der Waals surface area contributed by atoms with Crippen molar-refractivity contribution in [3.63, 3.8) is 0 Å². The molecular formula is C23H18N4O4. The minimum Gasteiger partial charge on any atom is -0.507 e. The Hall–Kier alpha value is -4.46.